The maximum Gasteiger partial charge on any atom is 0.265 e. The summed E-state index contributed by atoms with van der Waals surface area (Å²) in [5.74, 6) is 0.571. The van der Waals surface area contributed by atoms with Crippen molar-refractivity contribution in [1.82, 2.24) is 14.4 Å². The average Bonchev–Trinajstić information content (AvgIpc) is 3.19. The number of nitrogens with zero attached hydrogens (tertiary/aromatic N) is 3. The quantitative estimate of drug-likeness (QED) is 0.599. The number of benzene rings is 1. The third-order valence-corrected chi connectivity index (χ3v) is 5.04. The Morgan fingerprint density at radius 3 is 2.84 bits per heavy atom. The van der Waals surface area contributed by atoms with Crippen molar-refractivity contribution in [1.29, 1.82) is 0 Å². The van der Waals surface area contributed by atoms with Crippen molar-refractivity contribution in [2.75, 3.05) is 5.32 Å². The number of carbonyl (C=O) groups is 1. The molecule has 0 bridgehead atoms. The van der Waals surface area contributed by atoms with E-state index >= 15 is 0 Å². The monoisotopic (exact) mass is 348 g/mol. The van der Waals surface area contributed by atoms with E-state index in [-0.39, 0.29) is 5.91 Å². The van der Waals surface area contributed by atoms with Crippen molar-refractivity contribution in [3.05, 3.63) is 70.3 Å². The molecule has 0 aliphatic rings. The minimum atomic E-state index is -0.0939. The first kappa shape index (κ1) is 15.5. The Bertz CT molecular complexity index is 1080. The maximum absolute atomic E-state index is 12.4. The maximum atomic E-state index is 12.4. The van der Waals surface area contributed by atoms with E-state index in [1.54, 1.807) is 6.20 Å². The number of carbonyl (C=O) groups excluding carboxylic acids is 1. The van der Waals surface area contributed by atoms with Crippen LogP contribution in [0.4, 0.5) is 5.69 Å². The van der Waals surface area contributed by atoms with Crippen LogP contribution in [0.15, 0.2) is 54.2 Å². The highest BCUT2D eigenvalue weighted by Gasteiger charge is 2.13. The van der Waals surface area contributed by atoms with E-state index in [0.717, 1.165) is 28.2 Å². The SMILES string of the molecule is Cc1csc(C(=O)Nc2cccc(-c3nc4ncccn4c3C)c2)c1. The zero-order chi connectivity index (χ0) is 17.4. The number of aryl methyl sites for hydroxylation is 2. The summed E-state index contributed by atoms with van der Waals surface area (Å²) in [7, 11) is 0. The van der Waals surface area contributed by atoms with Crippen LogP contribution in [-0.4, -0.2) is 20.3 Å². The Morgan fingerprint density at radius 1 is 1.20 bits per heavy atom. The number of thiophene rings is 1. The highest BCUT2D eigenvalue weighted by molar-refractivity contribution is 7.12. The van der Waals surface area contributed by atoms with Gasteiger partial charge >= 0.3 is 0 Å². The van der Waals surface area contributed by atoms with Crippen molar-refractivity contribution in [3.63, 3.8) is 0 Å². The second kappa shape index (κ2) is 6.14. The number of anilines is 1. The van der Waals surface area contributed by atoms with Crippen molar-refractivity contribution in [3.8, 4) is 11.3 Å². The molecule has 0 radical (unpaired) electrons. The summed E-state index contributed by atoms with van der Waals surface area (Å²) in [6.07, 6.45) is 3.67. The summed E-state index contributed by atoms with van der Waals surface area (Å²) in [5.41, 5.74) is 4.67. The molecule has 0 unspecified atom stereocenters. The van der Waals surface area contributed by atoms with Gasteiger partial charge in [-0.25, -0.2) is 9.97 Å². The normalized spacial score (nSPS) is 11.0. The van der Waals surface area contributed by atoms with Gasteiger partial charge < -0.3 is 5.32 Å². The lowest BCUT2D eigenvalue weighted by Crippen LogP contribution is -2.10. The molecule has 1 aromatic carbocycles. The summed E-state index contributed by atoms with van der Waals surface area (Å²) < 4.78 is 1.95. The lowest BCUT2D eigenvalue weighted by Gasteiger charge is -2.06. The Labute approximate surface area is 149 Å². The minimum Gasteiger partial charge on any atom is -0.321 e. The second-order valence-electron chi connectivity index (χ2n) is 5.86. The zero-order valence-corrected chi connectivity index (χ0v) is 14.7. The summed E-state index contributed by atoms with van der Waals surface area (Å²) in [6, 6.07) is 11.5. The molecule has 25 heavy (non-hydrogen) atoms. The Kier molecular flexibility index (Phi) is 3.82. The van der Waals surface area contributed by atoms with E-state index in [2.05, 4.69) is 15.3 Å². The Hall–Kier alpha value is -2.99. The van der Waals surface area contributed by atoms with Crippen molar-refractivity contribution >= 4 is 28.7 Å². The summed E-state index contributed by atoms with van der Waals surface area (Å²) in [5, 5.41) is 4.93. The van der Waals surface area contributed by atoms with Gasteiger partial charge in [0.15, 0.2) is 0 Å². The van der Waals surface area contributed by atoms with Gasteiger partial charge in [-0.05, 0) is 49.1 Å². The fourth-order valence-electron chi connectivity index (χ4n) is 2.76. The predicted molar refractivity (Wildman–Crippen MR) is 100 cm³/mol. The van der Waals surface area contributed by atoms with E-state index in [4.69, 9.17) is 0 Å². The first-order valence-corrected chi connectivity index (χ1v) is 8.76. The van der Waals surface area contributed by atoms with Crippen LogP contribution in [0.3, 0.4) is 0 Å². The average molecular weight is 348 g/mol. The molecule has 0 saturated heterocycles. The Morgan fingerprint density at radius 2 is 2.08 bits per heavy atom. The van der Waals surface area contributed by atoms with E-state index < -0.39 is 0 Å². The highest BCUT2D eigenvalue weighted by atomic mass is 32.1. The van der Waals surface area contributed by atoms with Crippen molar-refractivity contribution in [2.45, 2.75) is 13.8 Å². The zero-order valence-electron chi connectivity index (χ0n) is 13.9. The molecule has 1 amide bonds. The smallest absolute Gasteiger partial charge is 0.265 e. The van der Waals surface area contributed by atoms with Gasteiger partial charge in [0.25, 0.3) is 5.91 Å². The van der Waals surface area contributed by atoms with E-state index in [1.807, 2.05) is 66.2 Å². The largest absolute Gasteiger partial charge is 0.321 e. The van der Waals surface area contributed by atoms with Gasteiger partial charge in [-0.1, -0.05) is 12.1 Å². The fraction of sp³-hybridized carbons (Fsp3) is 0.105. The molecule has 0 fully saturated rings. The van der Waals surface area contributed by atoms with Crippen molar-refractivity contribution < 1.29 is 4.79 Å². The lowest BCUT2D eigenvalue weighted by atomic mass is 10.1. The number of aromatic nitrogens is 3. The molecule has 4 rings (SSSR count). The van der Waals surface area contributed by atoms with E-state index in [1.165, 1.54) is 11.3 Å². The molecule has 3 heterocycles. The number of hydrogen-bond acceptors (Lipinski definition) is 4. The molecule has 124 valence electrons. The Balaban J connectivity index is 1.67. The first-order chi connectivity index (χ1) is 12.1. The minimum absolute atomic E-state index is 0.0939. The summed E-state index contributed by atoms with van der Waals surface area (Å²) in [6.45, 7) is 3.99. The van der Waals surface area contributed by atoms with E-state index in [9.17, 15) is 4.79 Å². The van der Waals surface area contributed by atoms with Crippen LogP contribution in [0.2, 0.25) is 0 Å². The fourth-order valence-corrected chi connectivity index (χ4v) is 3.56. The molecule has 6 heteroatoms. The molecule has 1 N–H and O–H groups in total. The molecule has 5 nitrogen and oxygen atoms in total. The molecule has 0 spiro atoms. The lowest BCUT2D eigenvalue weighted by molar-refractivity contribution is 0.103. The number of nitrogens with one attached hydrogen (secondary N) is 1. The summed E-state index contributed by atoms with van der Waals surface area (Å²) >= 11 is 1.45. The second-order valence-corrected chi connectivity index (χ2v) is 6.77. The number of fused-ring (bicyclic) bond motifs is 1. The summed E-state index contributed by atoms with van der Waals surface area (Å²) in [4.78, 5) is 21.9. The van der Waals surface area contributed by atoms with Gasteiger partial charge in [0, 0.05) is 29.3 Å². The van der Waals surface area contributed by atoms with Gasteiger partial charge in [-0.2, -0.15) is 0 Å². The number of hydrogen-bond donors (Lipinski definition) is 1. The molecule has 0 aliphatic heterocycles. The third kappa shape index (κ3) is 2.92. The van der Waals surface area contributed by atoms with Crippen LogP contribution in [0.25, 0.3) is 17.0 Å². The predicted octanol–water partition coefficient (Wildman–Crippen LogP) is 4.33. The van der Waals surface area contributed by atoms with Gasteiger partial charge in [0.05, 0.1) is 10.6 Å². The van der Waals surface area contributed by atoms with Crippen molar-refractivity contribution in [2.24, 2.45) is 0 Å². The van der Waals surface area contributed by atoms with Crippen LogP contribution >= 0.6 is 11.3 Å². The standard InChI is InChI=1S/C19H16N4OS/c1-12-9-16(25-11-12)18(24)21-15-6-3-5-14(10-15)17-13(2)23-8-4-7-20-19(23)22-17/h3-11H,1-2H3,(H,21,24). The molecular weight excluding hydrogens is 332 g/mol. The van der Waals surface area contributed by atoms with Gasteiger partial charge in [-0.3, -0.25) is 9.20 Å². The van der Waals surface area contributed by atoms with Crippen LogP contribution in [0, 0.1) is 13.8 Å². The molecule has 0 aliphatic carbocycles. The van der Waals surface area contributed by atoms with Crippen LogP contribution < -0.4 is 5.32 Å². The number of rotatable bonds is 3. The topological polar surface area (TPSA) is 59.3 Å². The molecule has 0 saturated carbocycles. The number of imidazole rings is 1. The molecular formula is C19H16N4OS. The van der Waals surface area contributed by atoms with Crippen LogP contribution in [-0.2, 0) is 0 Å². The highest BCUT2D eigenvalue weighted by Crippen LogP contribution is 2.26. The van der Waals surface area contributed by atoms with Gasteiger partial charge in [0.1, 0.15) is 0 Å². The first-order valence-electron chi connectivity index (χ1n) is 7.88. The third-order valence-electron chi connectivity index (χ3n) is 3.99. The van der Waals surface area contributed by atoms with Crippen LogP contribution in [0.5, 0.6) is 0 Å². The van der Waals surface area contributed by atoms with Crippen LogP contribution in [0.1, 0.15) is 20.9 Å². The molecule has 4 aromatic rings. The molecule has 0 atom stereocenters. The van der Waals surface area contributed by atoms with Gasteiger partial charge in [0.2, 0.25) is 5.78 Å². The van der Waals surface area contributed by atoms with Gasteiger partial charge in [-0.15, -0.1) is 11.3 Å². The van der Waals surface area contributed by atoms with E-state index in [0.29, 0.717) is 10.7 Å². The number of amides is 1. The molecule has 3 aromatic heterocycles.